The van der Waals surface area contributed by atoms with Crippen molar-refractivity contribution in [2.45, 2.75) is 52.5 Å². The molecule has 0 aliphatic rings. The smallest absolute Gasteiger partial charge is 0.0426 e. The van der Waals surface area contributed by atoms with Crippen LogP contribution in [0.5, 0.6) is 0 Å². The number of rotatable bonds is 5. The molecule has 1 aromatic heterocycles. The highest BCUT2D eigenvalue weighted by Gasteiger charge is 2.24. The zero-order chi connectivity index (χ0) is 14.8. The number of pyridine rings is 1. The first-order valence-corrected chi connectivity index (χ1v) is 7.48. The fourth-order valence-corrected chi connectivity index (χ4v) is 2.78. The van der Waals surface area contributed by atoms with E-state index in [1.54, 1.807) is 0 Å². The van der Waals surface area contributed by atoms with Crippen LogP contribution in [0.2, 0.25) is 0 Å². The van der Waals surface area contributed by atoms with E-state index in [4.69, 9.17) is 5.73 Å². The van der Waals surface area contributed by atoms with Gasteiger partial charge in [0, 0.05) is 39.6 Å². The predicted molar refractivity (Wildman–Crippen MR) is 88.1 cm³/mol. The van der Waals surface area contributed by atoms with Gasteiger partial charge in [-0.2, -0.15) is 0 Å². The van der Waals surface area contributed by atoms with Gasteiger partial charge in [0.2, 0.25) is 0 Å². The maximum Gasteiger partial charge on any atom is 0.0426 e. The summed E-state index contributed by atoms with van der Waals surface area (Å²) in [6.07, 6.45) is 5.19. The summed E-state index contributed by atoms with van der Waals surface area (Å²) in [5, 5.41) is 5.95. The van der Waals surface area contributed by atoms with E-state index < -0.39 is 0 Å². The van der Waals surface area contributed by atoms with E-state index >= 15 is 0 Å². The second kappa shape index (κ2) is 5.70. The minimum absolute atomic E-state index is 0.153. The Kier molecular flexibility index (Phi) is 4.17. The zero-order valence-corrected chi connectivity index (χ0v) is 13.0. The van der Waals surface area contributed by atoms with E-state index in [2.05, 4.69) is 43.2 Å². The van der Waals surface area contributed by atoms with E-state index in [0.29, 0.717) is 0 Å². The molecule has 2 rings (SSSR count). The lowest BCUT2D eigenvalue weighted by atomic mass is 9.89. The van der Waals surface area contributed by atoms with Crippen molar-refractivity contribution in [3.05, 3.63) is 30.1 Å². The summed E-state index contributed by atoms with van der Waals surface area (Å²) in [4.78, 5) is 4.36. The lowest BCUT2D eigenvalue weighted by molar-refractivity contribution is 0.421. The minimum Gasteiger partial charge on any atom is -0.398 e. The molecular formula is C17H25N3. The molecule has 3 heteroatoms. The van der Waals surface area contributed by atoms with Crippen LogP contribution < -0.4 is 11.1 Å². The van der Waals surface area contributed by atoms with Crippen molar-refractivity contribution >= 4 is 22.1 Å². The van der Waals surface area contributed by atoms with Crippen molar-refractivity contribution in [1.29, 1.82) is 0 Å². The number of benzene rings is 1. The average Bonchev–Trinajstić information content (AvgIpc) is 2.47. The Morgan fingerprint density at radius 2 is 1.75 bits per heavy atom. The number of aryl methyl sites for hydroxylation is 1. The lowest BCUT2D eigenvalue weighted by Crippen LogP contribution is -2.36. The molecule has 0 saturated heterocycles. The quantitative estimate of drug-likeness (QED) is 0.787. The molecule has 0 spiro atoms. The monoisotopic (exact) mass is 271 g/mol. The second-order valence-corrected chi connectivity index (χ2v) is 5.54. The van der Waals surface area contributed by atoms with Crippen LogP contribution in [-0.2, 0) is 0 Å². The van der Waals surface area contributed by atoms with E-state index in [0.717, 1.165) is 47.1 Å². The van der Waals surface area contributed by atoms with Crippen LogP contribution in [-0.4, -0.2) is 10.5 Å². The van der Waals surface area contributed by atoms with Crippen molar-refractivity contribution in [2.24, 2.45) is 0 Å². The van der Waals surface area contributed by atoms with E-state index in [1.165, 1.54) is 0 Å². The van der Waals surface area contributed by atoms with Crippen molar-refractivity contribution in [1.82, 2.24) is 4.98 Å². The van der Waals surface area contributed by atoms with Gasteiger partial charge in [-0.25, -0.2) is 0 Å². The summed E-state index contributed by atoms with van der Waals surface area (Å²) in [6.45, 7) is 8.74. The maximum absolute atomic E-state index is 6.07. The first-order valence-electron chi connectivity index (χ1n) is 7.48. The first-order chi connectivity index (χ1) is 9.55. The summed E-state index contributed by atoms with van der Waals surface area (Å²) in [5.41, 5.74) is 9.18. The molecule has 0 saturated carbocycles. The third-order valence-electron chi connectivity index (χ3n) is 4.50. The van der Waals surface area contributed by atoms with Crippen LogP contribution in [0.25, 0.3) is 10.8 Å². The Labute approximate surface area is 121 Å². The summed E-state index contributed by atoms with van der Waals surface area (Å²) >= 11 is 0. The molecule has 2 aromatic rings. The van der Waals surface area contributed by atoms with Crippen LogP contribution in [0.1, 0.15) is 45.7 Å². The number of anilines is 2. The van der Waals surface area contributed by atoms with E-state index in [9.17, 15) is 0 Å². The number of hydrogen-bond donors (Lipinski definition) is 2. The third kappa shape index (κ3) is 2.58. The van der Waals surface area contributed by atoms with Crippen molar-refractivity contribution in [3.8, 4) is 0 Å². The third-order valence-corrected chi connectivity index (χ3v) is 4.50. The number of aromatic nitrogens is 1. The van der Waals surface area contributed by atoms with Gasteiger partial charge in [-0.1, -0.05) is 20.8 Å². The topological polar surface area (TPSA) is 50.9 Å². The number of nitrogens with two attached hydrogens (primary N) is 1. The number of nitrogens with one attached hydrogen (secondary N) is 1. The zero-order valence-electron chi connectivity index (χ0n) is 13.0. The van der Waals surface area contributed by atoms with Crippen molar-refractivity contribution in [3.63, 3.8) is 0 Å². The minimum atomic E-state index is 0.153. The first kappa shape index (κ1) is 14.6. The van der Waals surface area contributed by atoms with Crippen LogP contribution in [0.4, 0.5) is 11.4 Å². The molecule has 1 aromatic carbocycles. The molecule has 108 valence electrons. The molecule has 0 bridgehead atoms. The molecule has 20 heavy (non-hydrogen) atoms. The molecule has 0 unspecified atom stereocenters. The molecule has 0 aliphatic heterocycles. The Bertz CT molecular complexity index is 592. The molecule has 1 heterocycles. The van der Waals surface area contributed by atoms with Gasteiger partial charge in [0.15, 0.2) is 0 Å². The second-order valence-electron chi connectivity index (χ2n) is 5.54. The number of fused-ring (bicyclic) bond motifs is 1. The van der Waals surface area contributed by atoms with E-state index in [-0.39, 0.29) is 5.54 Å². The highest BCUT2D eigenvalue weighted by Crippen LogP contribution is 2.33. The highest BCUT2D eigenvalue weighted by molar-refractivity contribution is 6.01. The van der Waals surface area contributed by atoms with Gasteiger partial charge >= 0.3 is 0 Å². The van der Waals surface area contributed by atoms with Gasteiger partial charge in [-0.15, -0.1) is 0 Å². The molecule has 0 aliphatic carbocycles. The van der Waals surface area contributed by atoms with Gasteiger partial charge in [0.05, 0.1) is 0 Å². The fourth-order valence-electron chi connectivity index (χ4n) is 2.78. The fraction of sp³-hybridized carbons (Fsp3) is 0.471. The Morgan fingerprint density at radius 1 is 1.10 bits per heavy atom. The normalized spacial score (nSPS) is 11.8. The van der Waals surface area contributed by atoms with Crippen molar-refractivity contribution in [2.75, 3.05) is 11.1 Å². The van der Waals surface area contributed by atoms with Crippen LogP contribution in [0.3, 0.4) is 0 Å². The standard InChI is InChI=1S/C17H25N3/c1-5-17(6-2,7-3)20-16-9-8-15(18)14-11-19-12(4)10-13(14)16/h8-11,20H,5-7,18H2,1-4H3. The molecule has 0 amide bonds. The summed E-state index contributed by atoms with van der Waals surface area (Å²) in [5.74, 6) is 0. The molecule has 0 fully saturated rings. The number of nitrogen functional groups attached to an aromatic ring is 1. The Balaban J connectivity index is 2.54. The highest BCUT2D eigenvalue weighted by atomic mass is 15.0. The lowest BCUT2D eigenvalue weighted by Gasteiger charge is -2.33. The molecule has 0 atom stereocenters. The average molecular weight is 271 g/mol. The largest absolute Gasteiger partial charge is 0.398 e. The molecular weight excluding hydrogens is 246 g/mol. The molecule has 0 radical (unpaired) electrons. The predicted octanol–water partition coefficient (Wildman–Crippen LogP) is 4.51. The number of hydrogen-bond acceptors (Lipinski definition) is 3. The van der Waals surface area contributed by atoms with Crippen LogP contribution >= 0.6 is 0 Å². The van der Waals surface area contributed by atoms with Gasteiger partial charge in [-0.3, -0.25) is 4.98 Å². The molecule has 3 nitrogen and oxygen atoms in total. The maximum atomic E-state index is 6.07. The molecule has 3 N–H and O–H groups in total. The Morgan fingerprint density at radius 3 is 2.35 bits per heavy atom. The van der Waals surface area contributed by atoms with Gasteiger partial charge in [-0.05, 0) is 44.4 Å². The Hall–Kier alpha value is -1.77. The SMILES string of the molecule is CCC(CC)(CC)Nc1ccc(N)c2cnc(C)cc12. The van der Waals surface area contributed by atoms with Crippen LogP contribution in [0, 0.1) is 6.92 Å². The van der Waals surface area contributed by atoms with Gasteiger partial charge in [0.25, 0.3) is 0 Å². The summed E-state index contributed by atoms with van der Waals surface area (Å²) < 4.78 is 0. The van der Waals surface area contributed by atoms with Gasteiger partial charge < -0.3 is 11.1 Å². The van der Waals surface area contributed by atoms with E-state index in [1.807, 2.05) is 19.2 Å². The van der Waals surface area contributed by atoms with Crippen molar-refractivity contribution < 1.29 is 0 Å². The number of nitrogens with zero attached hydrogens (tertiary/aromatic N) is 1. The van der Waals surface area contributed by atoms with Gasteiger partial charge in [0.1, 0.15) is 0 Å². The summed E-state index contributed by atoms with van der Waals surface area (Å²) in [7, 11) is 0. The summed E-state index contributed by atoms with van der Waals surface area (Å²) in [6, 6.07) is 6.17. The van der Waals surface area contributed by atoms with Crippen LogP contribution in [0.15, 0.2) is 24.4 Å².